The fourth-order valence-electron chi connectivity index (χ4n) is 4.58. The zero-order chi connectivity index (χ0) is 25.4. The summed E-state index contributed by atoms with van der Waals surface area (Å²) in [5, 5.41) is 15.8. The zero-order valence-corrected chi connectivity index (χ0v) is 22.3. The lowest BCUT2D eigenvalue weighted by Gasteiger charge is -2.44. The molecule has 0 bridgehead atoms. The average molecular weight is 478 g/mol. The summed E-state index contributed by atoms with van der Waals surface area (Å²) in [5.41, 5.74) is -0.791. The molecule has 2 N–H and O–H groups in total. The maximum Gasteiger partial charge on any atom is 0.318 e. The van der Waals surface area contributed by atoms with E-state index in [1.807, 2.05) is 0 Å². The van der Waals surface area contributed by atoms with Gasteiger partial charge in [0.05, 0.1) is 24.6 Å². The third-order valence-electron chi connectivity index (χ3n) is 8.03. The average Bonchev–Trinajstić information content (AvgIpc) is 3.04. The highest BCUT2D eigenvalue weighted by molar-refractivity contribution is 5.87. The fourth-order valence-corrected chi connectivity index (χ4v) is 4.58. The Balaban J connectivity index is 2.19. The van der Waals surface area contributed by atoms with Crippen LogP contribution in [-0.2, 0) is 9.53 Å². The Kier molecular flexibility index (Phi) is 10.2. The molecule has 0 aliphatic carbocycles. The number of rotatable bonds is 8. The van der Waals surface area contributed by atoms with Crippen LogP contribution in [0.25, 0.3) is 0 Å². The van der Waals surface area contributed by atoms with Crippen LogP contribution < -0.4 is 10.6 Å². The number of amides is 3. The first kappa shape index (κ1) is 28.4. The smallest absolute Gasteiger partial charge is 0.318 e. The second kappa shape index (κ2) is 12.2. The van der Waals surface area contributed by atoms with Gasteiger partial charge in [-0.25, -0.2) is 4.79 Å². The van der Waals surface area contributed by atoms with Gasteiger partial charge in [-0.05, 0) is 49.5 Å². The van der Waals surface area contributed by atoms with E-state index in [9.17, 15) is 14.9 Å². The number of carbonyl (C=O) groups excluding carboxylic acids is 2. The molecule has 0 aromatic rings. The molecule has 2 heterocycles. The molecule has 1 atom stereocenters. The Hall–Kier alpha value is -1.85. The normalized spacial score (nSPS) is 20.7. The number of nitriles is 1. The lowest BCUT2D eigenvalue weighted by atomic mass is 9.66. The molecule has 1 unspecified atom stereocenters. The van der Waals surface area contributed by atoms with Gasteiger partial charge in [0.25, 0.3) is 0 Å². The van der Waals surface area contributed by atoms with Crippen LogP contribution in [-0.4, -0.2) is 79.3 Å². The Morgan fingerprint density at radius 3 is 2.35 bits per heavy atom. The van der Waals surface area contributed by atoms with Crippen molar-refractivity contribution in [2.75, 3.05) is 45.9 Å². The molecule has 2 aliphatic heterocycles. The molecule has 0 aromatic heterocycles. The minimum Gasteiger partial charge on any atom is -0.380 e. The first-order chi connectivity index (χ1) is 15.9. The highest BCUT2D eigenvalue weighted by Crippen LogP contribution is 2.41. The van der Waals surface area contributed by atoms with Crippen molar-refractivity contribution in [1.82, 2.24) is 20.4 Å². The van der Waals surface area contributed by atoms with Gasteiger partial charge >= 0.3 is 6.03 Å². The Bertz CT molecular complexity index is 709. The largest absolute Gasteiger partial charge is 0.380 e. The van der Waals surface area contributed by atoms with E-state index in [1.54, 1.807) is 4.90 Å². The summed E-state index contributed by atoms with van der Waals surface area (Å²) >= 11 is 0. The van der Waals surface area contributed by atoms with Crippen LogP contribution >= 0.6 is 0 Å². The number of hydrogen-bond acceptors (Lipinski definition) is 5. The summed E-state index contributed by atoms with van der Waals surface area (Å²) in [6.45, 7) is 18.0. The number of ether oxygens (including phenoxy) is 1. The molecule has 0 spiro atoms. The molecule has 2 rings (SSSR count). The van der Waals surface area contributed by atoms with Crippen LogP contribution in [0.4, 0.5) is 4.79 Å². The number of carbonyl (C=O) groups is 2. The SMILES string of the molecule is CCCN1CCC(CC#N)(NC(=O)C(CC(C)(C)C(C)(C)C)NC(=O)N2CCCOCC2)CC1. The topological polar surface area (TPSA) is 97.7 Å². The lowest BCUT2D eigenvalue weighted by molar-refractivity contribution is -0.126. The Morgan fingerprint density at radius 2 is 1.76 bits per heavy atom. The van der Waals surface area contributed by atoms with Crippen LogP contribution in [0.5, 0.6) is 0 Å². The second-order valence-corrected chi connectivity index (χ2v) is 11.7. The summed E-state index contributed by atoms with van der Waals surface area (Å²) in [5.74, 6) is -0.184. The van der Waals surface area contributed by atoms with E-state index in [0.29, 0.717) is 32.7 Å². The van der Waals surface area contributed by atoms with Gasteiger partial charge in [-0.3, -0.25) is 4.79 Å². The summed E-state index contributed by atoms with van der Waals surface area (Å²) < 4.78 is 5.48. The molecule has 34 heavy (non-hydrogen) atoms. The first-order valence-electron chi connectivity index (χ1n) is 13.0. The lowest BCUT2D eigenvalue weighted by Crippen LogP contribution is -2.61. The van der Waals surface area contributed by atoms with Crippen LogP contribution in [0.2, 0.25) is 0 Å². The number of nitrogens with zero attached hydrogens (tertiary/aromatic N) is 3. The van der Waals surface area contributed by atoms with E-state index >= 15 is 0 Å². The molecule has 2 fully saturated rings. The monoisotopic (exact) mass is 477 g/mol. The zero-order valence-electron chi connectivity index (χ0n) is 22.3. The number of hydrogen-bond donors (Lipinski definition) is 2. The van der Waals surface area contributed by atoms with Crippen LogP contribution in [0.3, 0.4) is 0 Å². The molecule has 2 saturated heterocycles. The maximum atomic E-state index is 13.7. The van der Waals surface area contributed by atoms with E-state index in [2.05, 4.69) is 63.1 Å². The van der Waals surface area contributed by atoms with Gasteiger partial charge in [0, 0.05) is 32.8 Å². The molecule has 0 saturated carbocycles. The first-order valence-corrected chi connectivity index (χ1v) is 13.0. The van der Waals surface area contributed by atoms with E-state index in [1.165, 1.54) is 0 Å². The van der Waals surface area contributed by atoms with Crippen molar-refractivity contribution in [2.45, 2.75) is 91.6 Å². The van der Waals surface area contributed by atoms with Gasteiger partial charge < -0.3 is 25.2 Å². The third-order valence-corrected chi connectivity index (χ3v) is 8.03. The molecule has 3 amide bonds. The van der Waals surface area contributed by atoms with E-state index in [-0.39, 0.29) is 29.2 Å². The summed E-state index contributed by atoms with van der Waals surface area (Å²) in [6.07, 6.45) is 4.18. The fraction of sp³-hybridized carbons (Fsp3) is 0.885. The molecule has 8 nitrogen and oxygen atoms in total. The van der Waals surface area contributed by atoms with Gasteiger partial charge in [0.15, 0.2) is 0 Å². The highest BCUT2D eigenvalue weighted by Gasteiger charge is 2.41. The third kappa shape index (κ3) is 7.84. The van der Waals surface area contributed by atoms with E-state index in [0.717, 1.165) is 45.3 Å². The summed E-state index contributed by atoms with van der Waals surface area (Å²) in [4.78, 5) is 31.0. The van der Waals surface area contributed by atoms with Crippen LogP contribution in [0, 0.1) is 22.2 Å². The number of urea groups is 1. The Morgan fingerprint density at radius 1 is 1.09 bits per heavy atom. The predicted molar refractivity (Wildman–Crippen MR) is 134 cm³/mol. The van der Waals surface area contributed by atoms with Crippen molar-refractivity contribution in [3.8, 4) is 6.07 Å². The molecule has 0 radical (unpaired) electrons. The van der Waals surface area contributed by atoms with Gasteiger partial charge in [0.2, 0.25) is 5.91 Å². The van der Waals surface area contributed by atoms with Crippen molar-refractivity contribution in [3.63, 3.8) is 0 Å². The molecular formula is C26H47N5O3. The number of nitrogens with one attached hydrogen (secondary N) is 2. The van der Waals surface area contributed by atoms with Crippen molar-refractivity contribution >= 4 is 11.9 Å². The molecule has 194 valence electrons. The van der Waals surface area contributed by atoms with Crippen molar-refractivity contribution in [1.29, 1.82) is 5.26 Å². The predicted octanol–water partition coefficient (Wildman–Crippen LogP) is 3.52. The second-order valence-electron chi connectivity index (χ2n) is 11.7. The van der Waals surface area contributed by atoms with Crippen molar-refractivity contribution in [3.05, 3.63) is 0 Å². The number of piperidine rings is 1. The maximum absolute atomic E-state index is 13.7. The number of likely N-dealkylation sites (tertiary alicyclic amines) is 1. The Labute approximate surface area is 206 Å². The van der Waals surface area contributed by atoms with Gasteiger partial charge in [-0.1, -0.05) is 41.5 Å². The van der Waals surface area contributed by atoms with Gasteiger partial charge in [-0.2, -0.15) is 5.26 Å². The minimum atomic E-state index is -0.671. The van der Waals surface area contributed by atoms with Crippen molar-refractivity contribution < 1.29 is 14.3 Å². The van der Waals surface area contributed by atoms with Crippen LogP contribution in [0.15, 0.2) is 0 Å². The molecule has 8 heteroatoms. The van der Waals surface area contributed by atoms with Crippen LogP contribution in [0.1, 0.15) is 80.1 Å². The quantitative estimate of drug-likeness (QED) is 0.557. The molecule has 2 aliphatic rings. The highest BCUT2D eigenvalue weighted by atomic mass is 16.5. The van der Waals surface area contributed by atoms with E-state index in [4.69, 9.17) is 4.74 Å². The van der Waals surface area contributed by atoms with Gasteiger partial charge in [0.1, 0.15) is 6.04 Å². The minimum absolute atomic E-state index is 0.0530. The van der Waals surface area contributed by atoms with E-state index < -0.39 is 11.6 Å². The standard InChI is InChI=1S/C26H47N5O3/c1-7-13-30-15-10-26(9-12-27,11-16-30)29-22(32)21(20-25(5,6)24(2,3)4)28-23(33)31-14-8-18-34-19-17-31/h21H,7-11,13-20H2,1-6H3,(H,28,33)(H,29,32). The summed E-state index contributed by atoms with van der Waals surface area (Å²) in [7, 11) is 0. The molecule has 0 aromatic carbocycles. The molecular weight excluding hydrogens is 430 g/mol. The summed E-state index contributed by atoms with van der Waals surface area (Å²) in [6, 6.07) is 1.41. The van der Waals surface area contributed by atoms with Crippen molar-refractivity contribution in [2.24, 2.45) is 10.8 Å². The van der Waals surface area contributed by atoms with Gasteiger partial charge in [-0.15, -0.1) is 0 Å².